The summed E-state index contributed by atoms with van der Waals surface area (Å²) in [6, 6.07) is 0. The topological polar surface area (TPSA) is 266 Å². The molecule has 0 aromatic heterocycles. The Hall–Kier alpha value is -1.67. The summed E-state index contributed by atoms with van der Waals surface area (Å²) in [6.07, 6.45) is -20.5. The summed E-state index contributed by atoms with van der Waals surface area (Å²) in [5, 5.41) is 98.6. The first kappa shape index (κ1) is 26.9. The van der Waals surface area contributed by atoms with Gasteiger partial charge in [0.15, 0.2) is 18.2 Å². The number of carbonyl (C=O) groups is 1. The van der Waals surface area contributed by atoms with Crippen LogP contribution in [0.15, 0.2) is 11.5 Å². The summed E-state index contributed by atoms with van der Waals surface area (Å²) in [6.45, 7) is -2.49. The first-order valence-corrected chi connectivity index (χ1v) is 10.2. The van der Waals surface area contributed by atoms with Crippen LogP contribution >= 0.6 is 0 Å². The highest BCUT2D eigenvalue weighted by molar-refractivity contribution is 5.89. The van der Waals surface area contributed by atoms with E-state index in [1.807, 2.05) is 0 Å². The second kappa shape index (κ2) is 10.9. The van der Waals surface area contributed by atoms with Gasteiger partial charge in [-0.1, -0.05) is 0 Å². The molecule has 0 aromatic rings. The summed E-state index contributed by atoms with van der Waals surface area (Å²) in [4.78, 5) is 11.6. The summed E-state index contributed by atoms with van der Waals surface area (Å²) in [5.74, 6) is -3.07. The van der Waals surface area contributed by atoms with Gasteiger partial charge in [-0.3, -0.25) is 0 Å². The minimum atomic E-state index is -1.97. The second-order valence-electron chi connectivity index (χ2n) is 7.91. The van der Waals surface area contributed by atoms with Gasteiger partial charge < -0.3 is 74.7 Å². The molecule has 0 bridgehead atoms. The van der Waals surface area contributed by atoms with Crippen LogP contribution in [0.5, 0.6) is 0 Å². The van der Waals surface area contributed by atoms with Gasteiger partial charge in [-0.2, -0.15) is 0 Å². The molecule has 3 aliphatic rings. The molecule has 3 aliphatic heterocycles. The summed E-state index contributed by atoms with van der Waals surface area (Å²) >= 11 is 0. The second-order valence-corrected chi connectivity index (χ2v) is 7.91. The number of rotatable bonds is 8. The average molecular weight is 500 g/mol. The number of aliphatic hydroxyl groups excluding tert-OH is 10. The maximum atomic E-state index is 11.6. The van der Waals surface area contributed by atoms with Crippen LogP contribution in [0.3, 0.4) is 0 Å². The van der Waals surface area contributed by atoms with E-state index in [4.69, 9.17) is 24.1 Å². The van der Waals surface area contributed by atoms with Crippen molar-refractivity contribution in [3.8, 4) is 0 Å². The fourth-order valence-electron chi connectivity index (χ4n) is 3.71. The van der Waals surface area contributed by atoms with Crippen molar-refractivity contribution in [1.82, 2.24) is 0 Å². The number of cyclic esters (lactones) is 1. The first-order valence-electron chi connectivity index (χ1n) is 10.2. The molecule has 0 radical (unpaired) electrons. The SMILES string of the molecule is O=C1O[C@H]([C@@H](O)CO)C(O[C@H]2O[C@H](CO)[C@@H](O[C@H]3O[C@H](CO)[C@@H](O)[C@H](O)[C@H]3O)[C@H](O)[C@H]2O)=C1O. The molecule has 0 spiro atoms. The van der Waals surface area contributed by atoms with E-state index in [2.05, 4.69) is 4.74 Å². The number of aliphatic hydroxyl groups is 10. The molecule has 16 nitrogen and oxygen atoms in total. The van der Waals surface area contributed by atoms with Crippen LogP contribution in [0.1, 0.15) is 0 Å². The van der Waals surface area contributed by atoms with E-state index in [1.165, 1.54) is 0 Å². The number of hydrogen-bond acceptors (Lipinski definition) is 16. The molecular weight excluding hydrogens is 472 g/mol. The third-order valence-electron chi connectivity index (χ3n) is 5.66. The van der Waals surface area contributed by atoms with Gasteiger partial charge in [0.05, 0.1) is 19.8 Å². The van der Waals surface area contributed by atoms with Gasteiger partial charge in [-0.05, 0) is 0 Å². The zero-order valence-electron chi connectivity index (χ0n) is 17.5. The average Bonchev–Trinajstić information content (AvgIpc) is 3.11. The van der Waals surface area contributed by atoms with E-state index in [1.54, 1.807) is 0 Å². The van der Waals surface area contributed by atoms with E-state index in [-0.39, 0.29) is 0 Å². The van der Waals surface area contributed by atoms with Gasteiger partial charge in [0.1, 0.15) is 54.9 Å². The fraction of sp³-hybridized carbons (Fsp3) is 0.833. The molecule has 3 heterocycles. The number of carbonyl (C=O) groups excluding carboxylic acids is 1. The minimum Gasteiger partial charge on any atom is -0.499 e. The van der Waals surface area contributed by atoms with Crippen molar-refractivity contribution in [3.05, 3.63) is 11.5 Å². The Morgan fingerprint density at radius 2 is 1.41 bits per heavy atom. The predicted octanol–water partition coefficient (Wildman–Crippen LogP) is -6.32. The number of ether oxygens (including phenoxy) is 5. The lowest BCUT2D eigenvalue weighted by Gasteiger charge is -2.46. The summed E-state index contributed by atoms with van der Waals surface area (Å²) in [5.41, 5.74) is 0. The Labute approximate surface area is 191 Å². The Kier molecular flexibility index (Phi) is 8.66. The largest absolute Gasteiger partial charge is 0.499 e. The molecule has 34 heavy (non-hydrogen) atoms. The van der Waals surface area contributed by atoms with Gasteiger partial charge in [-0.15, -0.1) is 0 Å². The van der Waals surface area contributed by atoms with Crippen molar-refractivity contribution in [1.29, 1.82) is 0 Å². The highest BCUT2D eigenvalue weighted by Crippen LogP contribution is 2.33. The van der Waals surface area contributed by atoms with Gasteiger partial charge in [0.25, 0.3) is 0 Å². The molecule has 0 saturated carbocycles. The van der Waals surface area contributed by atoms with Crippen LogP contribution in [0.2, 0.25) is 0 Å². The van der Waals surface area contributed by atoms with E-state index < -0.39 is 111 Å². The van der Waals surface area contributed by atoms with Crippen LogP contribution in [0, 0.1) is 0 Å². The normalized spacial score (nSPS) is 44.1. The maximum absolute atomic E-state index is 11.6. The smallest absolute Gasteiger partial charge is 0.378 e. The predicted molar refractivity (Wildman–Crippen MR) is 100 cm³/mol. The van der Waals surface area contributed by atoms with Crippen LogP contribution in [0.4, 0.5) is 0 Å². The Bertz CT molecular complexity index is 741. The Balaban J connectivity index is 1.75. The Morgan fingerprint density at radius 1 is 0.824 bits per heavy atom. The number of hydrogen-bond donors (Lipinski definition) is 10. The van der Waals surface area contributed by atoms with Crippen molar-refractivity contribution in [3.63, 3.8) is 0 Å². The summed E-state index contributed by atoms with van der Waals surface area (Å²) < 4.78 is 25.9. The third-order valence-corrected chi connectivity index (χ3v) is 5.66. The van der Waals surface area contributed by atoms with Gasteiger partial charge in [0, 0.05) is 0 Å². The van der Waals surface area contributed by atoms with Gasteiger partial charge in [0.2, 0.25) is 12.0 Å². The van der Waals surface area contributed by atoms with Crippen molar-refractivity contribution >= 4 is 5.97 Å². The highest BCUT2D eigenvalue weighted by atomic mass is 16.7. The highest BCUT2D eigenvalue weighted by Gasteiger charge is 2.52. The molecule has 2 saturated heterocycles. The molecule has 2 fully saturated rings. The zero-order valence-corrected chi connectivity index (χ0v) is 17.5. The van der Waals surface area contributed by atoms with Gasteiger partial charge in [-0.25, -0.2) is 4.79 Å². The van der Waals surface area contributed by atoms with Crippen molar-refractivity contribution < 1.29 is 79.5 Å². The minimum absolute atomic E-state index is 0.701. The molecule has 0 amide bonds. The molecular formula is C18H28O16. The monoisotopic (exact) mass is 500 g/mol. The van der Waals surface area contributed by atoms with Crippen LogP contribution in [0.25, 0.3) is 0 Å². The molecule has 10 N–H and O–H groups in total. The lowest BCUT2D eigenvalue weighted by Crippen LogP contribution is -2.64. The van der Waals surface area contributed by atoms with E-state index in [9.17, 15) is 50.8 Å². The van der Waals surface area contributed by atoms with E-state index in [0.29, 0.717) is 0 Å². The van der Waals surface area contributed by atoms with E-state index in [0.717, 1.165) is 0 Å². The molecule has 16 heteroatoms. The van der Waals surface area contributed by atoms with Gasteiger partial charge >= 0.3 is 5.97 Å². The van der Waals surface area contributed by atoms with Crippen LogP contribution in [-0.2, 0) is 28.5 Å². The molecule has 3 rings (SSSR count). The van der Waals surface area contributed by atoms with Crippen molar-refractivity contribution in [2.24, 2.45) is 0 Å². The lowest BCUT2D eigenvalue weighted by molar-refractivity contribution is -0.357. The third kappa shape index (κ3) is 4.99. The maximum Gasteiger partial charge on any atom is 0.378 e. The van der Waals surface area contributed by atoms with Crippen molar-refractivity contribution in [2.75, 3.05) is 19.8 Å². The molecule has 0 unspecified atom stereocenters. The van der Waals surface area contributed by atoms with Crippen LogP contribution < -0.4 is 0 Å². The quantitative estimate of drug-likeness (QED) is 0.139. The lowest BCUT2D eigenvalue weighted by atomic mass is 9.97. The van der Waals surface area contributed by atoms with Crippen molar-refractivity contribution in [2.45, 2.75) is 73.6 Å². The number of esters is 1. The van der Waals surface area contributed by atoms with Crippen LogP contribution in [-0.4, -0.2) is 150 Å². The molecule has 196 valence electrons. The first-order chi connectivity index (χ1) is 16.0. The fourth-order valence-corrected chi connectivity index (χ4v) is 3.71. The molecule has 12 atom stereocenters. The zero-order chi connectivity index (χ0) is 25.3. The standard InChI is InChI=1S/C18H28O16/c19-1-4(22)13-15(12(28)16(29)32-13)34-18-11(27)9(25)14(6(3-21)31-18)33-17-10(26)8(24)7(23)5(2-20)30-17/h4-11,13-14,17-28H,1-3H2/t4-,5+,6+,7+,8-,9+,10+,11+,13+,14+,17+,18+/m0/s1. The molecule has 0 aliphatic carbocycles. The summed E-state index contributed by atoms with van der Waals surface area (Å²) in [7, 11) is 0. The molecule has 0 aromatic carbocycles. The Morgan fingerprint density at radius 3 is 2.00 bits per heavy atom. The van der Waals surface area contributed by atoms with E-state index >= 15 is 0 Å².